The van der Waals surface area contributed by atoms with Crippen molar-refractivity contribution in [1.29, 1.82) is 0 Å². The number of pyridine rings is 1. The molecule has 0 atom stereocenters. The number of hydrogen-bond acceptors (Lipinski definition) is 3. The van der Waals surface area contributed by atoms with Crippen molar-refractivity contribution in [3.63, 3.8) is 0 Å². The highest BCUT2D eigenvalue weighted by atomic mass is 35.5. The Morgan fingerprint density at radius 2 is 1.95 bits per heavy atom. The normalized spacial score (nSPS) is 11.3. The SMILES string of the molecule is CCN(CC)Cc1c(C)[nH]c2c(OC)ccc(Cl)c2c1=O. The zero-order chi connectivity index (χ0) is 15.6. The van der Waals surface area contributed by atoms with E-state index in [9.17, 15) is 4.79 Å². The van der Waals surface area contributed by atoms with Crippen LogP contribution in [0, 0.1) is 6.92 Å². The van der Waals surface area contributed by atoms with E-state index in [4.69, 9.17) is 16.3 Å². The Morgan fingerprint density at radius 3 is 2.52 bits per heavy atom. The number of benzene rings is 1. The maximum atomic E-state index is 12.8. The predicted octanol–water partition coefficient (Wildman–Crippen LogP) is 3.34. The van der Waals surface area contributed by atoms with Crippen LogP contribution >= 0.6 is 11.6 Å². The van der Waals surface area contributed by atoms with E-state index in [1.54, 1.807) is 19.2 Å². The third-order valence-electron chi connectivity index (χ3n) is 3.88. The molecule has 0 saturated carbocycles. The third kappa shape index (κ3) is 2.92. The van der Waals surface area contributed by atoms with Crippen molar-refractivity contribution in [2.45, 2.75) is 27.3 Å². The summed E-state index contributed by atoms with van der Waals surface area (Å²) in [7, 11) is 1.58. The first-order valence-corrected chi connectivity index (χ1v) is 7.51. The minimum Gasteiger partial charge on any atom is -0.495 e. The lowest BCUT2D eigenvalue weighted by atomic mass is 10.1. The number of nitrogens with one attached hydrogen (secondary N) is 1. The molecule has 0 aliphatic carbocycles. The average molecular weight is 309 g/mol. The van der Waals surface area contributed by atoms with Gasteiger partial charge < -0.3 is 9.72 Å². The van der Waals surface area contributed by atoms with Crippen LogP contribution in [0.25, 0.3) is 10.9 Å². The first-order valence-electron chi connectivity index (χ1n) is 7.13. The molecular weight excluding hydrogens is 288 g/mol. The zero-order valence-electron chi connectivity index (χ0n) is 12.9. The number of ether oxygens (including phenoxy) is 1. The van der Waals surface area contributed by atoms with E-state index in [1.165, 1.54) is 0 Å². The molecular formula is C16H21ClN2O2. The Labute approximate surface area is 129 Å². The van der Waals surface area contributed by atoms with Crippen molar-refractivity contribution >= 4 is 22.5 Å². The summed E-state index contributed by atoms with van der Waals surface area (Å²) in [4.78, 5) is 18.3. The molecule has 2 rings (SSSR count). The van der Waals surface area contributed by atoms with Crippen LogP contribution in [0.15, 0.2) is 16.9 Å². The molecule has 4 nitrogen and oxygen atoms in total. The summed E-state index contributed by atoms with van der Waals surface area (Å²) in [5, 5.41) is 0.955. The molecule has 1 aromatic carbocycles. The minimum atomic E-state index is -0.0166. The van der Waals surface area contributed by atoms with Gasteiger partial charge in [0, 0.05) is 17.8 Å². The van der Waals surface area contributed by atoms with Gasteiger partial charge >= 0.3 is 0 Å². The molecule has 1 N–H and O–H groups in total. The van der Waals surface area contributed by atoms with Crippen molar-refractivity contribution in [2.24, 2.45) is 0 Å². The number of hydrogen-bond donors (Lipinski definition) is 1. The highest BCUT2D eigenvalue weighted by Gasteiger charge is 2.16. The van der Waals surface area contributed by atoms with E-state index < -0.39 is 0 Å². The zero-order valence-corrected chi connectivity index (χ0v) is 13.7. The Kier molecular flexibility index (Phi) is 4.91. The number of methoxy groups -OCH3 is 1. The van der Waals surface area contributed by atoms with Crippen molar-refractivity contribution in [2.75, 3.05) is 20.2 Å². The first-order chi connectivity index (χ1) is 10.0. The van der Waals surface area contributed by atoms with E-state index >= 15 is 0 Å². The summed E-state index contributed by atoms with van der Waals surface area (Å²) in [6.07, 6.45) is 0. The van der Waals surface area contributed by atoms with Crippen molar-refractivity contribution in [3.05, 3.63) is 38.6 Å². The van der Waals surface area contributed by atoms with Crippen LogP contribution in [-0.2, 0) is 6.54 Å². The van der Waals surface area contributed by atoms with Crippen LogP contribution in [-0.4, -0.2) is 30.1 Å². The lowest BCUT2D eigenvalue weighted by molar-refractivity contribution is 0.294. The monoisotopic (exact) mass is 308 g/mol. The molecule has 0 spiro atoms. The fourth-order valence-electron chi connectivity index (χ4n) is 2.52. The molecule has 0 unspecified atom stereocenters. The number of nitrogens with zero attached hydrogens (tertiary/aromatic N) is 1. The quantitative estimate of drug-likeness (QED) is 0.921. The summed E-state index contributed by atoms with van der Waals surface area (Å²) >= 11 is 6.23. The Balaban J connectivity index is 2.70. The summed E-state index contributed by atoms with van der Waals surface area (Å²) in [6.45, 7) is 8.52. The number of rotatable bonds is 5. The number of aromatic nitrogens is 1. The van der Waals surface area contributed by atoms with Crippen LogP contribution in [0.3, 0.4) is 0 Å². The van der Waals surface area contributed by atoms with Gasteiger partial charge in [0.2, 0.25) is 0 Å². The lowest BCUT2D eigenvalue weighted by Gasteiger charge is -2.19. The van der Waals surface area contributed by atoms with Crippen LogP contribution in [0.5, 0.6) is 5.75 Å². The van der Waals surface area contributed by atoms with Gasteiger partial charge in [-0.3, -0.25) is 9.69 Å². The molecule has 21 heavy (non-hydrogen) atoms. The third-order valence-corrected chi connectivity index (χ3v) is 4.19. The van der Waals surface area contributed by atoms with Gasteiger partial charge in [-0.25, -0.2) is 0 Å². The van der Waals surface area contributed by atoms with Crippen molar-refractivity contribution < 1.29 is 4.74 Å². The van der Waals surface area contributed by atoms with Crippen molar-refractivity contribution in [1.82, 2.24) is 9.88 Å². The standard InChI is InChI=1S/C16H21ClN2O2/c1-5-19(6-2)9-11-10(3)18-15-13(21-4)8-7-12(17)14(15)16(11)20/h7-8H,5-6,9H2,1-4H3,(H,18,20). The molecule has 0 aliphatic rings. The maximum absolute atomic E-state index is 12.8. The van der Waals surface area contributed by atoms with Crippen LogP contribution in [0.1, 0.15) is 25.1 Å². The Bertz CT molecular complexity index is 705. The number of H-pyrrole nitrogens is 1. The topological polar surface area (TPSA) is 45.3 Å². The van der Waals surface area contributed by atoms with E-state index in [0.29, 0.717) is 28.2 Å². The molecule has 114 valence electrons. The van der Waals surface area contributed by atoms with Gasteiger partial charge in [0.1, 0.15) is 5.75 Å². The number of halogens is 1. The summed E-state index contributed by atoms with van der Waals surface area (Å²) in [6, 6.07) is 3.47. The number of fused-ring (bicyclic) bond motifs is 1. The summed E-state index contributed by atoms with van der Waals surface area (Å²) in [5.74, 6) is 0.629. The van der Waals surface area contributed by atoms with Crippen molar-refractivity contribution in [3.8, 4) is 5.75 Å². The summed E-state index contributed by atoms with van der Waals surface area (Å²) < 4.78 is 5.32. The number of aryl methyl sites for hydroxylation is 1. The Hall–Kier alpha value is -1.52. The second kappa shape index (κ2) is 6.50. The van der Waals surface area contributed by atoms with Crippen LogP contribution in [0.2, 0.25) is 5.02 Å². The molecule has 5 heteroatoms. The van der Waals surface area contributed by atoms with E-state index in [2.05, 4.69) is 23.7 Å². The van der Waals surface area contributed by atoms with Gasteiger partial charge in [0.15, 0.2) is 5.43 Å². The Morgan fingerprint density at radius 1 is 1.29 bits per heavy atom. The fourth-order valence-corrected chi connectivity index (χ4v) is 2.76. The molecule has 0 aliphatic heterocycles. The van der Waals surface area contributed by atoms with Gasteiger partial charge in [-0.15, -0.1) is 0 Å². The molecule has 0 saturated heterocycles. The lowest BCUT2D eigenvalue weighted by Crippen LogP contribution is -2.27. The largest absolute Gasteiger partial charge is 0.495 e. The first kappa shape index (κ1) is 15.9. The van der Waals surface area contributed by atoms with Gasteiger partial charge in [-0.05, 0) is 32.1 Å². The van der Waals surface area contributed by atoms with Crippen LogP contribution < -0.4 is 10.2 Å². The summed E-state index contributed by atoms with van der Waals surface area (Å²) in [5.41, 5.74) is 2.27. The van der Waals surface area contributed by atoms with Gasteiger partial charge in [-0.2, -0.15) is 0 Å². The average Bonchev–Trinajstić information content (AvgIpc) is 2.47. The second-order valence-electron chi connectivity index (χ2n) is 5.02. The molecule has 1 heterocycles. The molecule has 0 bridgehead atoms. The van der Waals surface area contributed by atoms with E-state index in [1.807, 2.05) is 6.92 Å². The van der Waals surface area contributed by atoms with Gasteiger partial charge in [0.25, 0.3) is 0 Å². The van der Waals surface area contributed by atoms with Gasteiger partial charge in [0.05, 0.1) is 23.0 Å². The fraction of sp³-hybridized carbons (Fsp3) is 0.438. The molecule has 0 fully saturated rings. The van der Waals surface area contributed by atoms with E-state index in [0.717, 1.165) is 24.3 Å². The minimum absolute atomic E-state index is 0.0166. The molecule has 2 aromatic rings. The maximum Gasteiger partial charge on any atom is 0.195 e. The highest BCUT2D eigenvalue weighted by Crippen LogP contribution is 2.28. The second-order valence-corrected chi connectivity index (χ2v) is 5.43. The smallest absolute Gasteiger partial charge is 0.195 e. The van der Waals surface area contributed by atoms with Crippen LogP contribution in [0.4, 0.5) is 0 Å². The highest BCUT2D eigenvalue weighted by molar-refractivity contribution is 6.35. The van der Waals surface area contributed by atoms with E-state index in [-0.39, 0.29) is 5.43 Å². The predicted molar refractivity (Wildman–Crippen MR) is 87.5 cm³/mol. The number of aromatic amines is 1. The molecule has 0 amide bonds. The molecule has 0 radical (unpaired) electrons. The molecule has 1 aromatic heterocycles. The van der Waals surface area contributed by atoms with Gasteiger partial charge in [-0.1, -0.05) is 25.4 Å².